The number of rotatable bonds is 2. The summed E-state index contributed by atoms with van der Waals surface area (Å²) >= 11 is 19.7. The highest BCUT2D eigenvalue weighted by Crippen LogP contribution is 2.29. The third-order valence-electron chi connectivity index (χ3n) is 2.71. The maximum absolute atomic E-state index is 6.20. The molecule has 0 bridgehead atoms. The molecule has 2 nitrogen and oxygen atoms in total. The van der Waals surface area contributed by atoms with Gasteiger partial charge in [-0.3, -0.25) is 0 Å². The van der Waals surface area contributed by atoms with E-state index in [1.165, 1.54) is 11.5 Å². The molecule has 20 heavy (non-hydrogen) atoms. The smallest absolute Gasteiger partial charge is 0.0842 e. The molecule has 0 radical (unpaired) electrons. The van der Waals surface area contributed by atoms with Crippen LogP contribution in [0.2, 0.25) is 15.1 Å². The summed E-state index contributed by atoms with van der Waals surface area (Å²) < 4.78 is 1.70. The number of halogens is 3. The van der Waals surface area contributed by atoms with E-state index < -0.39 is 0 Å². The molecule has 0 aliphatic carbocycles. The molecule has 0 fully saturated rings. The zero-order valence-corrected chi connectivity index (χ0v) is 13.1. The zero-order valence-electron chi connectivity index (χ0n) is 10.1. The molecule has 0 spiro atoms. The first-order chi connectivity index (χ1) is 9.65. The second kappa shape index (κ2) is 5.70. The van der Waals surface area contributed by atoms with Crippen molar-refractivity contribution in [2.24, 2.45) is 0 Å². The van der Waals surface area contributed by atoms with Gasteiger partial charge in [-0.05, 0) is 12.1 Å². The van der Waals surface area contributed by atoms with Gasteiger partial charge in [-0.25, -0.2) is 0 Å². The van der Waals surface area contributed by atoms with Crippen molar-refractivity contribution in [1.82, 2.24) is 5.10 Å². The summed E-state index contributed by atoms with van der Waals surface area (Å²) in [5.41, 5.74) is 2.56. The number of aromatic nitrogens is 2. The summed E-state index contributed by atoms with van der Waals surface area (Å²) in [6.07, 6.45) is 0. The van der Waals surface area contributed by atoms with Gasteiger partial charge < -0.3 is 0 Å². The summed E-state index contributed by atoms with van der Waals surface area (Å²) in [5, 5.41) is 7.93. The van der Waals surface area contributed by atoms with Crippen LogP contribution in [0, 0.1) is 0 Å². The molecular weight excluding hydrogens is 335 g/mol. The fourth-order valence-corrected chi connectivity index (χ4v) is 3.70. The second-order valence-electron chi connectivity index (χ2n) is 4.07. The van der Waals surface area contributed by atoms with Gasteiger partial charge >= 0.3 is 0 Å². The van der Waals surface area contributed by atoms with Crippen molar-refractivity contribution in [3.63, 3.8) is 0 Å². The Morgan fingerprint density at radius 2 is 1.60 bits per heavy atom. The summed E-state index contributed by atoms with van der Waals surface area (Å²) in [6, 6.07) is 13.2. The van der Waals surface area contributed by atoms with Crippen molar-refractivity contribution in [1.29, 1.82) is 0 Å². The van der Waals surface area contributed by atoms with E-state index in [2.05, 4.69) is 5.10 Å². The SMILES string of the molecule is Clc1cc(Cl)c(-[n+]2nc(-c3ccccc3)cs2)c(Cl)c1. The van der Waals surface area contributed by atoms with E-state index in [4.69, 9.17) is 34.8 Å². The Bertz CT molecular complexity index is 733. The summed E-state index contributed by atoms with van der Waals surface area (Å²) in [4.78, 5) is 0. The number of hydrogen-bond donors (Lipinski definition) is 0. The van der Waals surface area contributed by atoms with Crippen molar-refractivity contribution in [3.8, 4) is 16.9 Å². The second-order valence-corrected chi connectivity index (χ2v) is 6.11. The van der Waals surface area contributed by atoms with Crippen LogP contribution in [0.1, 0.15) is 0 Å². The van der Waals surface area contributed by atoms with Crippen molar-refractivity contribution in [3.05, 3.63) is 62.9 Å². The van der Waals surface area contributed by atoms with Crippen LogP contribution in [0.25, 0.3) is 16.9 Å². The van der Waals surface area contributed by atoms with Crippen molar-refractivity contribution >= 4 is 46.3 Å². The number of benzene rings is 2. The third kappa shape index (κ3) is 2.67. The van der Waals surface area contributed by atoms with Gasteiger partial charge in [0.15, 0.2) is 17.2 Å². The Morgan fingerprint density at radius 1 is 0.950 bits per heavy atom. The Balaban J connectivity index is 2.07. The van der Waals surface area contributed by atoms with Gasteiger partial charge in [-0.2, -0.15) is 0 Å². The van der Waals surface area contributed by atoms with Crippen LogP contribution >= 0.6 is 46.3 Å². The van der Waals surface area contributed by atoms with Gasteiger partial charge in [0.05, 0.1) is 5.38 Å². The molecule has 1 aromatic heterocycles. The Labute approximate surface area is 135 Å². The summed E-state index contributed by atoms with van der Waals surface area (Å²) in [7, 11) is 0. The first-order valence-corrected chi connectivity index (χ1v) is 7.71. The molecule has 0 amide bonds. The highest BCUT2D eigenvalue weighted by atomic mass is 35.5. The minimum absolute atomic E-state index is 0.474. The molecule has 0 aliphatic heterocycles. The lowest BCUT2D eigenvalue weighted by molar-refractivity contribution is -0.586. The van der Waals surface area contributed by atoms with Gasteiger partial charge in [0.25, 0.3) is 5.69 Å². The predicted octanol–water partition coefficient (Wildman–Crippen LogP) is 5.05. The topological polar surface area (TPSA) is 16.8 Å². The lowest BCUT2D eigenvalue weighted by Gasteiger charge is -1.97. The van der Waals surface area contributed by atoms with Gasteiger partial charge in [-0.1, -0.05) is 65.1 Å². The van der Waals surface area contributed by atoms with Crippen LogP contribution < -0.4 is 4.07 Å². The lowest BCUT2D eigenvalue weighted by atomic mass is 10.2. The molecule has 3 aromatic rings. The van der Waals surface area contributed by atoms with Crippen LogP contribution in [0.4, 0.5) is 0 Å². The monoisotopic (exact) mass is 341 g/mol. The molecule has 2 aromatic carbocycles. The molecule has 0 saturated heterocycles. The molecule has 1 heterocycles. The van der Waals surface area contributed by atoms with E-state index >= 15 is 0 Å². The van der Waals surface area contributed by atoms with Gasteiger partial charge in [0.2, 0.25) is 0 Å². The minimum Gasteiger partial charge on any atom is -0.0842 e. The molecule has 100 valence electrons. The average Bonchev–Trinajstić information content (AvgIpc) is 2.88. The third-order valence-corrected chi connectivity index (χ3v) is 4.29. The highest BCUT2D eigenvalue weighted by molar-refractivity contribution is 6.99. The largest absolute Gasteiger partial charge is 0.290 e. The molecular formula is C14H8Cl3N2S+. The van der Waals surface area contributed by atoms with Crippen LogP contribution in [0.5, 0.6) is 0 Å². The summed E-state index contributed by atoms with van der Waals surface area (Å²) in [5.74, 6) is 0. The normalized spacial score (nSPS) is 10.8. The molecule has 6 heteroatoms. The van der Waals surface area contributed by atoms with Gasteiger partial charge in [0, 0.05) is 19.8 Å². The van der Waals surface area contributed by atoms with E-state index in [-0.39, 0.29) is 0 Å². The number of hydrogen-bond acceptors (Lipinski definition) is 2. The standard InChI is InChI=1S/C14H8Cl3N2S/c15-10-6-11(16)14(12(17)7-10)19-18-13(8-20-19)9-4-2-1-3-5-9/h1-8H/q+1. The first kappa shape index (κ1) is 13.8. The van der Waals surface area contributed by atoms with E-state index in [9.17, 15) is 0 Å². The van der Waals surface area contributed by atoms with Gasteiger partial charge in [-0.15, -0.1) is 0 Å². The Morgan fingerprint density at radius 3 is 2.25 bits per heavy atom. The Hall–Kier alpha value is -1.13. The zero-order chi connectivity index (χ0) is 14.1. The predicted molar refractivity (Wildman–Crippen MR) is 84.1 cm³/mol. The van der Waals surface area contributed by atoms with Crippen molar-refractivity contribution in [2.45, 2.75) is 0 Å². The fourth-order valence-electron chi connectivity index (χ4n) is 1.80. The number of nitrogens with zero attached hydrogens (tertiary/aromatic N) is 2. The van der Waals surface area contributed by atoms with Gasteiger partial charge in [0.1, 0.15) is 10.0 Å². The minimum atomic E-state index is 0.474. The van der Waals surface area contributed by atoms with Crippen LogP contribution in [0.3, 0.4) is 0 Å². The quantitative estimate of drug-likeness (QED) is 0.596. The fraction of sp³-hybridized carbons (Fsp3) is 0. The maximum atomic E-state index is 6.20. The van der Waals surface area contributed by atoms with E-state index in [0.29, 0.717) is 20.8 Å². The van der Waals surface area contributed by atoms with Crippen LogP contribution in [0.15, 0.2) is 47.8 Å². The molecule has 0 aliphatic rings. The molecule has 0 N–H and O–H groups in total. The molecule has 3 rings (SSSR count). The first-order valence-electron chi connectivity index (χ1n) is 5.74. The van der Waals surface area contributed by atoms with E-state index in [1.54, 1.807) is 16.2 Å². The van der Waals surface area contributed by atoms with Crippen LogP contribution in [-0.2, 0) is 0 Å². The van der Waals surface area contributed by atoms with Crippen molar-refractivity contribution in [2.75, 3.05) is 0 Å². The molecule has 0 atom stereocenters. The van der Waals surface area contributed by atoms with E-state index in [1.807, 2.05) is 35.7 Å². The van der Waals surface area contributed by atoms with E-state index in [0.717, 1.165) is 11.3 Å². The van der Waals surface area contributed by atoms with Crippen LogP contribution in [-0.4, -0.2) is 5.10 Å². The molecule has 0 saturated carbocycles. The highest BCUT2D eigenvalue weighted by Gasteiger charge is 2.23. The van der Waals surface area contributed by atoms with Crippen molar-refractivity contribution < 1.29 is 4.07 Å². The lowest BCUT2D eigenvalue weighted by Crippen LogP contribution is -2.30. The summed E-state index contributed by atoms with van der Waals surface area (Å²) in [6.45, 7) is 0. The Kier molecular flexibility index (Phi) is 3.94. The molecule has 0 unspecified atom stereocenters. The maximum Gasteiger partial charge on any atom is 0.290 e. The average molecular weight is 343 g/mol.